The lowest BCUT2D eigenvalue weighted by Crippen LogP contribution is -3.11. The number of nitrogens with zero attached hydrogens (tertiary/aromatic N) is 1. The van der Waals surface area contributed by atoms with Crippen molar-refractivity contribution in [1.82, 2.24) is 5.32 Å². The molecule has 2 aromatic carbocycles. The topological polar surface area (TPSA) is 48.8 Å². The Kier molecular flexibility index (Phi) is 6.12. The molecule has 0 aliphatic carbocycles. The van der Waals surface area contributed by atoms with Gasteiger partial charge in [-0.05, 0) is 24.3 Å². The quantitative estimate of drug-likeness (QED) is 0.746. The molecule has 5 heteroatoms. The van der Waals surface area contributed by atoms with Crippen LogP contribution in [0.1, 0.15) is 24.4 Å². The van der Waals surface area contributed by atoms with Gasteiger partial charge in [-0.1, -0.05) is 30.3 Å². The van der Waals surface area contributed by atoms with E-state index >= 15 is 0 Å². The fraction of sp³-hybridized carbons (Fsp3) is 0.381. The standard InChI is InChI=1S/C21H28N4O/c1-24(2)19-12-10-17(11-13-19)20(25-14-6-7-15-25)16-22-21(26)23-18-8-4-3-5-9-18/h3-5,8-13,20H,6-7,14-16H2,1-2H3,(H2,22,23,26)/p+1/t20-/m0/s1. The van der Waals surface area contributed by atoms with Crippen LogP contribution < -0.4 is 20.4 Å². The molecular formula is C21H29N4O+. The minimum absolute atomic E-state index is 0.148. The van der Waals surface area contributed by atoms with Crippen LogP contribution in [0.25, 0.3) is 0 Å². The van der Waals surface area contributed by atoms with Crippen LogP contribution in [0, 0.1) is 0 Å². The van der Waals surface area contributed by atoms with Gasteiger partial charge in [-0.3, -0.25) is 0 Å². The molecule has 1 fully saturated rings. The lowest BCUT2D eigenvalue weighted by Gasteiger charge is -2.26. The van der Waals surface area contributed by atoms with Gasteiger partial charge in [0.1, 0.15) is 6.04 Å². The number of quaternary nitrogens is 1. The van der Waals surface area contributed by atoms with Gasteiger partial charge in [0.25, 0.3) is 0 Å². The fourth-order valence-electron chi connectivity index (χ4n) is 3.57. The number of para-hydroxylation sites is 1. The van der Waals surface area contributed by atoms with Crippen LogP contribution in [0.3, 0.4) is 0 Å². The average Bonchev–Trinajstić information content (AvgIpc) is 3.17. The molecule has 0 saturated carbocycles. The Morgan fingerprint density at radius 3 is 2.31 bits per heavy atom. The highest BCUT2D eigenvalue weighted by Gasteiger charge is 2.27. The maximum atomic E-state index is 12.3. The predicted molar refractivity (Wildman–Crippen MR) is 107 cm³/mol. The summed E-state index contributed by atoms with van der Waals surface area (Å²) < 4.78 is 0. The van der Waals surface area contributed by atoms with Gasteiger partial charge < -0.3 is 20.4 Å². The lowest BCUT2D eigenvalue weighted by molar-refractivity contribution is -0.918. The van der Waals surface area contributed by atoms with Gasteiger partial charge in [0.05, 0.1) is 19.6 Å². The maximum Gasteiger partial charge on any atom is 0.319 e. The third-order valence-corrected chi connectivity index (χ3v) is 5.05. The second-order valence-electron chi connectivity index (χ2n) is 7.10. The fourth-order valence-corrected chi connectivity index (χ4v) is 3.57. The number of carbonyl (C=O) groups excluding carboxylic acids is 1. The van der Waals surface area contributed by atoms with Gasteiger partial charge in [0, 0.05) is 43.9 Å². The van der Waals surface area contributed by atoms with E-state index in [2.05, 4.69) is 39.8 Å². The van der Waals surface area contributed by atoms with Crippen LogP contribution >= 0.6 is 0 Å². The zero-order chi connectivity index (χ0) is 18.4. The number of anilines is 2. The summed E-state index contributed by atoms with van der Waals surface area (Å²) in [6.45, 7) is 2.97. The minimum atomic E-state index is -0.148. The van der Waals surface area contributed by atoms with Crippen molar-refractivity contribution in [2.75, 3.05) is 43.9 Å². The molecule has 0 unspecified atom stereocenters. The number of hydrogen-bond donors (Lipinski definition) is 3. The Balaban J connectivity index is 1.65. The minimum Gasteiger partial charge on any atom is -0.378 e. The molecule has 3 N–H and O–H groups in total. The summed E-state index contributed by atoms with van der Waals surface area (Å²) in [7, 11) is 4.10. The molecule has 138 valence electrons. The molecule has 1 atom stereocenters. The predicted octanol–water partition coefficient (Wildman–Crippen LogP) is 2.29. The zero-order valence-corrected chi connectivity index (χ0v) is 15.7. The van der Waals surface area contributed by atoms with E-state index in [1.165, 1.54) is 37.2 Å². The highest BCUT2D eigenvalue weighted by molar-refractivity contribution is 5.89. The first-order valence-electron chi connectivity index (χ1n) is 9.35. The second-order valence-corrected chi connectivity index (χ2v) is 7.10. The van der Waals surface area contributed by atoms with E-state index < -0.39 is 0 Å². The number of carbonyl (C=O) groups is 1. The van der Waals surface area contributed by atoms with Crippen molar-refractivity contribution < 1.29 is 9.69 Å². The van der Waals surface area contributed by atoms with Gasteiger partial charge in [0.2, 0.25) is 0 Å². The smallest absolute Gasteiger partial charge is 0.319 e. The van der Waals surface area contributed by atoms with Gasteiger partial charge >= 0.3 is 6.03 Å². The number of hydrogen-bond acceptors (Lipinski definition) is 2. The summed E-state index contributed by atoms with van der Waals surface area (Å²) in [5, 5.41) is 5.96. The number of benzene rings is 2. The summed E-state index contributed by atoms with van der Waals surface area (Å²) in [4.78, 5) is 15.9. The Bertz CT molecular complexity index is 694. The molecule has 5 nitrogen and oxygen atoms in total. The highest BCUT2D eigenvalue weighted by Crippen LogP contribution is 2.17. The molecule has 3 rings (SSSR count). The first-order valence-corrected chi connectivity index (χ1v) is 9.35. The van der Waals surface area contributed by atoms with Crippen LogP contribution in [-0.4, -0.2) is 39.8 Å². The Labute approximate surface area is 156 Å². The van der Waals surface area contributed by atoms with Gasteiger partial charge in [0.15, 0.2) is 0 Å². The van der Waals surface area contributed by atoms with E-state index in [9.17, 15) is 4.79 Å². The van der Waals surface area contributed by atoms with E-state index in [0.29, 0.717) is 6.54 Å². The van der Waals surface area contributed by atoms with E-state index in [4.69, 9.17) is 0 Å². The van der Waals surface area contributed by atoms with Gasteiger partial charge in [-0.2, -0.15) is 0 Å². The number of likely N-dealkylation sites (tertiary alicyclic amines) is 1. The van der Waals surface area contributed by atoms with Crippen molar-refractivity contribution in [1.29, 1.82) is 0 Å². The third kappa shape index (κ3) is 4.76. The van der Waals surface area contributed by atoms with Gasteiger partial charge in [-0.25, -0.2) is 4.79 Å². The van der Waals surface area contributed by atoms with Crippen molar-refractivity contribution in [3.05, 3.63) is 60.2 Å². The molecule has 2 amide bonds. The summed E-state index contributed by atoms with van der Waals surface area (Å²) in [5.41, 5.74) is 3.29. The normalized spacial score (nSPS) is 15.5. The molecule has 1 aliphatic heterocycles. The molecule has 26 heavy (non-hydrogen) atoms. The first kappa shape index (κ1) is 18.3. The Morgan fingerprint density at radius 1 is 1.04 bits per heavy atom. The van der Waals surface area contributed by atoms with Crippen molar-refractivity contribution in [2.45, 2.75) is 18.9 Å². The van der Waals surface area contributed by atoms with Crippen LogP contribution in [0.15, 0.2) is 54.6 Å². The average molecular weight is 353 g/mol. The lowest BCUT2D eigenvalue weighted by atomic mass is 10.0. The maximum absolute atomic E-state index is 12.3. The number of rotatable bonds is 6. The van der Waals surface area contributed by atoms with Crippen LogP contribution in [0.5, 0.6) is 0 Å². The van der Waals surface area contributed by atoms with Crippen LogP contribution in [0.2, 0.25) is 0 Å². The SMILES string of the molecule is CN(C)c1ccc([C@H](CNC(=O)Nc2ccccc2)[NH+]2CCCC2)cc1. The molecule has 1 aliphatic rings. The molecule has 0 spiro atoms. The summed E-state index contributed by atoms with van der Waals surface area (Å²) in [5.74, 6) is 0. The molecule has 0 aromatic heterocycles. The van der Waals surface area contributed by atoms with E-state index in [-0.39, 0.29) is 12.1 Å². The number of amides is 2. The first-order chi connectivity index (χ1) is 12.6. The molecule has 0 radical (unpaired) electrons. The summed E-state index contributed by atoms with van der Waals surface area (Å²) in [6, 6.07) is 18.4. The monoisotopic (exact) mass is 353 g/mol. The summed E-state index contributed by atoms with van der Waals surface area (Å²) in [6.07, 6.45) is 2.52. The number of urea groups is 1. The van der Waals surface area contributed by atoms with Crippen molar-refractivity contribution in [2.24, 2.45) is 0 Å². The molecule has 0 bridgehead atoms. The van der Waals surface area contributed by atoms with E-state index in [1.54, 1.807) is 4.90 Å². The number of nitrogens with one attached hydrogen (secondary N) is 3. The molecular weight excluding hydrogens is 324 g/mol. The van der Waals surface area contributed by atoms with Crippen molar-refractivity contribution >= 4 is 17.4 Å². The van der Waals surface area contributed by atoms with Crippen LogP contribution in [0.4, 0.5) is 16.2 Å². The Morgan fingerprint density at radius 2 is 1.69 bits per heavy atom. The molecule has 2 aromatic rings. The second kappa shape index (κ2) is 8.72. The van der Waals surface area contributed by atoms with Crippen molar-refractivity contribution in [3.63, 3.8) is 0 Å². The van der Waals surface area contributed by atoms with Crippen molar-refractivity contribution in [3.8, 4) is 0 Å². The molecule has 1 saturated heterocycles. The van der Waals surface area contributed by atoms with E-state index in [0.717, 1.165) is 5.69 Å². The third-order valence-electron chi connectivity index (χ3n) is 5.05. The van der Waals surface area contributed by atoms with E-state index in [1.807, 2.05) is 44.4 Å². The van der Waals surface area contributed by atoms with Gasteiger partial charge in [-0.15, -0.1) is 0 Å². The molecule has 1 heterocycles. The largest absolute Gasteiger partial charge is 0.378 e. The van der Waals surface area contributed by atoms with Crippen LogP contribution in [-0.2, 0) is 0 Å². The Hall–Kier alpha value is -2.53. The highest BCUT2D eigenvalue weighted by atomic mass is 16.2. The summed E-state index contributed by atoms with van der Waals surface area (Å²) >= 11 is 0. The zero-order valence-electron chi connectivity index (χ0n) is 15.7.